The highest BCUT2D eigenvalue weighted by Gasteiger charge is 2.27. The molecule has 1 aromatic rings. The highest BCUT2D eigenvalue weighted by molar-refractivity contribution is 7.12. The van der Waals surface area contributed by atoms with E-state index in [9.17, 15) is 5.11 Å². The average Bonchev–Trinajstić information content (AvgIpc) is 2.73. The summed E-state index contributed by atoms with van der Waals surface area (Å²) < 4.78 is 5.29. The minimum Gasteiger partial charge on any atom is -0.387 e. The van der Waals surface area contributed by atoms with Crippen LogP contribution in [0.4, 0.5) is 0 Å². The van der Waals surface area contributed by atoms with E-state index in [1.54, 1.807) is 11.3 Å². The van der Waals surface area contributed by atoms with Crippen molar-refractivity contribution in [2.75, 3.05) is 13.2 Å². The summed E-state index contributed by atoms with van der Waals surface area (Å²) in [6, 6.07) is 2.14. The highest BCUT2D eigenvalue weighted by Crippen LogP contribution is 2.35. The second-order valence-corrected chi connectivity index (χ2v) is 5.26. The monoisotopic (exact) mass is 212 g/mol. The van der Waals surface area contributed by atoms with E-state index < -0.39 is 0 Å². The summed E-state index contributed by atoms with van der Waals surface area (Å²) in [5.74, 6) is 0.298. The standard InChI is InChI=1S/C11H16O2S/c1-7-5-8(2)14-11(7)10(12)9-3-4-13-6-9/h5,9-10,12H,3-4,6H2,1-2H3. The number of aliphatic hydroxyl groups is 1. The van der Waals surface area contributed by atoms with Crippen LogP contribution in [0.2, 0.25) is 0 Å². The van der Waals surface area contributed by atoms with Crippen molar-refractivity contribution in [1.29, 1.82) is 0 Å². The van der Waals surface area contributed by atoms with Crippen molar-refractivity contribution in [3.63, 3.8) is 0 Å². The van der Waals surface area contributed by atoms with Gasteiger partial charge in [-0.05, 0) is 31.9 Å². The van der Waals surface area contributed by atoms with Crippen LogP contribution in [0, 0.1) is 19.8 Å². The third-order valence-corrected chi connectivity index (χ3v) is 3.98. The molecule has 1 aliphatic rings. The van der Waals surface area contributed by atoms with E-state index in [-0.39, 0.29) is 6.10 Å². The normalized spacial score (nSPS) is 24.1. The molecule has 0 radical (unpaired) electrons. The van der Waals surface area contributed by atoms with Gasteiger partial charge in [0.15, 0.2) is 0 Å². The number of aryl methyl sites for hydroxylation is 2. The van der Waals surface area contributed by atoms with Crippen LogP contribution in [0.3, 0.4) is 0 Å². The lowest BCUT2D eigenvalue weighted by atomic mass is 9.99. The molecule has 2 nitrogen and oxygen atoms in total. The molecule has 0 amide bonds. The number of ether oxygens (including phenoxy) is 1. The van der Waals surface area contributed by atoms with E-state index in [2.05, 4.69) is 19.9 Å². The van der Waals surface area contributed by atoms with Crippen molar-refractivity contribution in [2.45, 2.75) is 26.4 Å². The Balaban J connectivity index is 2.17. The van der Waals surface area contributed by atoms with Gasteiger partial charge in [-0.3, -0.25) is 0 Å². The molecule has 0 aromatic carbocycles. The molecule has 2 heterocycles. The van der Waals surface area contributed by atoms with Gasteiger partial charge >= 0.3 is 0 Å². The van der Waals surface area contributed by atoms with E-state index in [1.807, 2.05) is 0 Å². The van der Waals surface area contributed by atoms with E-state index >= 15 is 0 Å². The molecule has 0 bridgehead atoms. The van der Waals surface area contributed by atoms with Gasteiger partial charge in [0.1, 0.15) is 0 Å². The summed E-state index contributed by atoms with van der Waals surface area (Å²) in [4.78, 5) is 2.40. The summed E-state index contributed by atoms with van der Waals surface area (Å²) in [5.41, 5.74) is 1.21. The lowest BCUT2D eigenvalue weighted by Crippen LogP contribution is -2.11. The Morgan fingerprint density at radius 1 is 1.57 bits per heavy atom. The summed E-state index contributed by atoms with van der Waals surface area (Å²) in [5, 5.41) is 10.1. The van der Waals surface area contributed by atoms with Gasteiger partial charge in [0, 0.05) is 22.3 Å². The zero-order valence-corrected chi connectivity index (χ0v) is 9.43. The average molecular weight is 212 g/mol. The molecule has 2 rings (SSSR count). The number of hydrogen-bond donors (Lipinski definition) is 1. The first-order valence-corrected chi connectivity index (χ1v) is 5.83. The number of thiophene rings is 1. The first-order chi connectivity index (χ1) is 6.68. The Labute approximate surface area is 88.5 Å². The molecule has 1 aliphatic heterocycles. The predicted molar refractivity (Wildman–Crippen MR) is 57.7 cm³/mol. The van der Waals surface area contributed by atoms with Gasteiger partial charge in [0.2, 0.25) is 0 Å². The Morgan fingerprint density at radius 3 is 2.86 bits per heavy atom. The Morgan fingerprint density at radius 2 is 2.36 bits per heavy atom. The van der Waals surface area contributed by atoms with Gasteiger partial charge in [-0.15, -0.1) is 11.3 Å². The fraction of sp³-hybridized carbons (Fsp3) is 0.636. The van der Waals surface area contributed by atoms with Crippen molar-refractivity contribution >= 4 is 11.3 Å². The molecule has 14 heavy (non-hydrogen) atoms. The van der Waals surface area contributed by atoms with Crippen LogP contribution >= 0.6 is 11.3 Å². The maximum atomic E-state index is 10.1. The van der Waals surface area contributed by atoms with Crippen molar-refractivity contribution in [3.8, 4) is 0 Å². The van der Waals surface area contributed by atoms with Crippen molar-refractivity contribution in [3.05, 3.63) is 21.4 Å². The largest absolute Gasteiger partial charge is 0.387 e. The van der Waals surface area contributed by atoms with Crippen LogP contribution in [0.25, 0.3) is 0 Å². The highest BCUT2D eigenvalue weighted by atomic mass is 32.1. The smallest absolute Gasteiger partial charge is 0.0935 e. The minimum atomic E-state index is -0.323. The second kappa shape index (κ2) is 4.01. The van der Waals surface area contributed by atoms with Crippen LogP contribution in [-0.2, 0) is 4.74 Å². The van der Waals surface area contributed by atoms with E-state index in [0.29, 0.717) is 12.5 Å². The minimum absolute atomic E-state index is 0.298. The molecule has 3 heteroatoms. The van der Waals surface area contributed by atoms with Crippen LogP contribution < -0.4 is 0 Å². The van der Waals surface area contributed by atoms with Gasteiger partial charge in [-0.2, -0.15) is 0 Å². The van der Waals surface area contributed by atoms with Gasteiger partial charge in [0.05, 0.1) is 12.7 Å². The maximum absolute atomic E-state index is 10.1. The third-order valence-electron chi connectivity index (χ3n) is 2.76. The zero-order valence-electron chi connectivity index (χ0n) is 8.62. The summed E-state index contributed by atoms with van der Waals surface area (Å²) >= 11 is 1.70. The van der Waals surface area contributed by atoms with Crippen molar-refractivity contribution in [2.24, 2.45) is 5.92 Å². The molecule has 0 aliphatic carbocycles. The van der Waals surface area contributed by atoms with Crippen LogP contribution in [0.5, 0.6) is 0 Å². The van der Waals surface area contributed by atoms with Gasteiger partial charge < -0.3 is 9.84 Å². The van der Waals surface area contributed by atoms with Gasteiger partial charge in [-0.1, -0.05) is 0 Å². The van der Waals surface area contributed by atoms with E-state index in [1.165, 1.54) is 10.4 Å². The summed E-state index contributed by atoms with van der Waals surface area (Å²) in [7, 11) is 0. The first kappa shape index (κ1) is 10.1. The molecule has 0 spiro atoms. The lowest BCUT2D eigenvalue weighted by Gasteiger charge is -2.15. The Bertz CT molecular complexity index is 313. The summed E-state index contributed by atoms with van der Waals surface area (Å²) in [6.45, 7) is 5.65. The van der Waals surface area contributed by atoms with E-state index in [0.717, 1.165) is 17.9 Å². The fourth-order valence-corrected chi connectivity index (χ4v) is 3.08. The lowest BCUT2D eigenvalue weighted by molar-refractivity contribution is 0.0941. The molecular weight excluding hydrogens is 196 g/mol. The van der Waals surface area contributed by atoms with Crippen LogP contribution in [0.15, 0.2) is 6.07 Å². The summed E-state index contributed by atoms with van der Waals surface area (Å²) in [6.07, 6.45) is 0.661. The van der Waals surface area contributed by atoms with Crippen molar-refractivity contribution in [1.82, 2.24) is 0 Å². The SMILES string of the molecule is Cc1cc(C)c(C(O)C2CCOC2)s1. The molecular formula is C11H16O2S. The molecule has 2 unspecified atom stereocenters. The quantitative estimate of drug-likeness (QED) is 0.816. The molecule has 0 saturated carbocycles. The first-order valence-electron chi connectivity index (χ1n) is 5.01. The second-order valence-electron chi connectivity index (χ2n) is 3.97. The van der Waals surface area contributed by atoms with Crippen molar-refractivity contribution < 1.29 is 9.84 Å². The topological polar surface area (TPSA) is 29.5 Å². The molecule has 1 aromatic heterocycles. The number of hydrogen-bond acceptors (Lipinski definition) is 3. The number of rotatable bonds is 2. The Hall–Kier alpha value is -0.380. The van der Waals surface area contributed by atoms with Gasteiger partial charge in [0.25, 0.3) is 0 Å². The maximum Gasteiger partial charge on any atom is 0.0935 e. The molecule has 78 valence electrons. The van der Waals surface area contributed by atoms with Crippen LogP contribution in [0.1, 0.15) is 27.8 Å². The molecule has 1 fully saturated rings. The van der Waals surface area contributed by atoms with Gasteiger partial charge in [-0.25, -0.2) is 0 Å². The Kier molecular flexibility index (Phi) is 2.91. The predicted octanol–water partition coefficient (Wildman–Crippen LogP) is 2.43. The fourth-order valence-electron chi connectivity index (χ4n) is 1.97. The number of aliphatic hydroxyl groups excluding tert-OH is 1. The van der Waals surface area contributed by atoms with Crippen LogP contribution in [-0.4, -0.2) is 18.3 Å². The third kappa shape index (κ3) is 1.85. The zero-order chi connectivity index (χ0) is 10.1. The molecule has 2 atom stereocenters. The molecule has 1 saturated heterocycles. The molecule has 1 N–H and O–H groups in total. The van der Waals surface area contributed by atoms with E-state index in [4.69, 9.17) is 4.74 Å².